The fraction of sp³-hybridized carbons (Fsp3) is 0.455. The van der Waals surface area contributed by atoms with Crippen molar-refractivity contribution in [2.24, 2.45) is 5.73 Å². The maximum Gasteiger partial charge on any atom is 0.326 e. The molecule has 1 aromatic rings. The van der Waals surface area contributed by atoms with Crippen molar-refractivity contribution in [1.29, 1.82) is 0 Å². The van der Waals surface area contributed by atoms with E-state index in [1.807, 2.05) is 0 Å². The van der Waals surface area contributed by atoms with Crippen LogP contribution in [0.5, 0.6) is 0 Å². The Labute approximate surface area is 114 Å². The van der Waals surface area contributed by atoms with Crippen molar-refractivity contribution in [1.82, 2.24) is 20.6 Å². The van der Waals surface area contributed by atoms with Gasteiger partial charge in [-0.15, -0.1) is 0 Å². The topological polar surface area (TPSA) is 150 Å². The molecule has 3 amide bonds. The molecule has 0 aliphatic heterocycles. The van der Waals surface area contributed by atoms with E-state index in [1.54, 1.807) is 12.4 Å². The fourth-order valence-corrected chi connectivity index (χ4v) is 1.48. The van der Waals surface area contributed by atoms with Crippen molar-refractivity contribution in [3.8, 4) is 0 Å². The molecule has 0 aliphatic carbocycles. The number of carboxylic acid groups (broad SMARTS) is 1. The van der Waals surface area contributed by atoms with E-state index in [-0.39, 0.29) is 12.8 Å². The molecule has 0 saturated carbocycles. The summed E-state index contributed by atoms with van der Waals surface area (Å²) in [5.41, 5.74) is 4.94. The highest BCUT2D eigenvalue weighted by atomic mass is 16.4. The van der Waals surface area contributed by atoms with Gasteiger partial charge in [-0.05, 0) is 6.42 Å². The predicted molar refractivity (Wildman–Crippen MR) is 68.7 cm³/mol. The van der Waals surface area contributed by atoms with Crippen LogP contribution in [0.25, 0.3) is 0 Å². The standard InChI is InChI=1S/C11H17N5O4/c12-8(17)2-1-7(10(18)19)16-11(20)15-4-3-9-13-5-6-14-9/h5-7H,1-4H2,(H2,12,17)(H,13,14)(H,18,19)(H2,15,16,20). The van der Waals surface area contributed by atoms with Gasteiger partial charge in [-0.3, -0.25) is 4.79 Å². The van der Waals surface area contributed by atoms with E-state index in [2.05, 4.69) is 20.6 Å². The van der Waals surface area contributed by atoms with Crippen molar-refractivity contribution in [3.05, 3.63) is 18.2 Å². The first-order valence-corrected chi connectivity index (χ1v) is 6.02. The zero-order valence-electron chi connectivity index (χ0n) is 10.8. The Morgan fingerprint density at radius 1 is 1.45 bits per heavy atom. The highest BCUT2D eigenvalue weighted by Gasteiger charge is 2.20. The quantitative estimate of drug-likeness (QED) is 0.413. The minimum Gasteiger partial charge on any atom is -0.480 e. The lowest BCUT2D eigenvalue weighted by molar-refractivity contribution is -0.139. The van der Waals surface area contributed by atoms with Crippen LogP contribution in [0.3, 0.4) is 0 Å². The van der Waals surface area contributed by atoms with Gasteiger partial charge in [-0.2, -0.15) is 0 Å². The number of rotatable bonds is 8. The van der Waals surface area contributed by atoms with Crippen molar-refractivity contribution < 1.29 is 19.5 Å². The summed E-state index contributed by atoms with van der Waals surface area (Å²) >= 11 is 0. The molecule has 9 heteroatoms. The summed E-state index contributed by atoms with van der Waals surface area (Å²) in [4.78, 5) is 39.9. The Balaban J connectivity index is 2.30. The summed E-state index contributed by atoms with van der Waals surface area (Å²) in [5, 5.41) is 13.7. The van der Waals surface area contributed by atoms with E-state index >= 15 is 0 Å². The van der Waals surface area contributed by atoms with Gasteiger partial charge < -0.3 is 26.5 Å². The summed E-state index contributed by atoms with van der Waals surface area (Å²) in [6.07, 6.45) is 3.61. The molecule has 0 aliphatic rings. The van der Waals surface area contributed by atoms with Gasteiger partial charge in [0.25, 0.3) is 0 Å². The van der Waals surface area contributed by atoms with Crippen LogP contribution in [-0.2, 0) is 16.0 Å². The van der Waals surface area contributed by atoms with Crippen molar-refractivity contribution in [3.63, 3.8) is 0 Å². The molecule has 0 radical (unpaired) electrons. The van der Waals surface area contributed by atoms with Gasteiger partial charge in [0.15, 0.2) is 0 Å². The summed E-state index contributed by atoms with van der Waals surface area (Å²) in [6, 6.07) is -1.76. The third-order valence-electron chi connectivity index (χ3n) is 2.49. The zero-order valence-corrected chi connectivity index (χ0v) is 10.8. The fourth-order valence-electron chi connectivity index (χ4n) is 1.48. The lowest BCUT2D eigenvalue weighted by atomic mass is 10.1. The Kier molecular flexibility index (Phi) is 6.01. The number of hydrogen-bond acceptors (Lipinski definition) is 4. The number of aliphatic carboxylic acids is 1. The molecule has 1 rings (SSSR count). The largest absolute Gasteiger partial charge is 0.480 e. The number of amides is 3. The van der Waals surface area contributed by atoms with Crippen LogP contribution in [0, 0.1) is 0 Å². The number of aromatic nitrogens is 2. The molecule has 1 atom stereocenters. The Bertz CT molecular complexity index is 459. The molecule has 6 N–H and O–H groups in total. The van der Waals surface area contributed by atoms with Gasteiger partial charge in [-0.1, -0.05) is 0 Å². The van der Waals surface area contributed by atoms with E-state index in [1.165, 1.54) is 0 Å². The molecule has 20 heavy (non-hydrogen) atoms. The minimum atomic E-state index is -1.22. The molecular weight excluding hydrogens is 266 g/mol. The van der Waals surface area contributed by atoms with Crippen LogP contribution in [0.2, 0.25) is 0 Å². The third-order valence-corrected chi connectivity index (χ3v) is 2.49. The second-order valence-corrected chi connectivity index (χ2v) is 4.08. The number of carboxylic acids is 1. The molecule has 0 spiro atoms. The monoisotopic (exact) mass is 283 g/mol. The highest BCUT2D eigenvalue weighted by molar-refractivity contribution is 5.83. The van der Waals surface area contributed by atoms with Crippen LogP contribution < -0.4 is 16.4 Å². The molecule has 1 heterocycles. The van der Waals surface area contributed by atoms with Crippen LogP contribution in [0.4, 0.5) is 4.79 Å². The lowest BCUT2D eigenvalue weighted by Crippen LogP contribution is -2.46. The van der Waals surface area contributed by atoms with E-state index in [0.29, 0.717) is 18.8 Å². The van der Waals surface area contributed by atoms with Crippen LogP contribution in [0.1, 0.15) is 18.7 Å². The molecule has 1 aromatic heterocycles. The number of urea groups is 1. The Morgan fingerprint density at radius 2 is 2.20 bits per heavy atom. The van der Waals surface area contributed by atoms with Crippen molar-refractivity contribution in [2.75, 3.05) is 6.54 Å². The number of nitrogens with one attached hydrogen (secondary N) is 3. The van der Waals surface area contributed by atoms with Gasteiger partial charge in [-0.25, -0.2) is 14.6 Å². The molecule has 0 bridgehead atoms. The number of carbonyl (C=O) groups excluding carboxylic acids is 2. The summed E-state index contributed by atoms with van der Waals surface area (Å²) in [6.45, 7) is 0.307. The first-order valence-electron chi connectivity index (χ1n) is 6.02. The average Bonchev–Trinajstić information content (AvgIpc) is 2.87. The molecule has 110 valence electrons. The van der Waals surface area contributed by atoms with Gasteiger partial charge in [0.1, 0.15) is 11.9 Å². The zero-order chi connectivity index (χ0) is 15.0. The van der Waals surface area contributed by atoms with Crippen LogP contribution in [0.15, 0.2) is 12.4 Å². The maximum absolute atomic E-state index is 11.5. The second kappa shape index (κ2) is 7.77. The second-order valence-electron chi connectivity index (χ2n) is 4.08. The van der Waals surface area contributed by atoms with E-state index in [0.717, 1.165) is 0 Å². The number of nitrogens with zero attached hydrogens (tertiary/aromatic N) is 1. The van der Waals surface area contributed by atoms with Gasteiger partial charge in [0.05, 0.1) is 0 Å². The minimum absolute atomic E-state index is 0.0454. The molecule has 0 fully saturated rings. The summed E-state index contributed by atoms with van der Waals surface area (Å²) in [7, 11) is 0. The Morgan fingerprint density at radius 3 is 2.75 bits per heavy atom. The SMILES string of the molecule is NC(=O)CCC(NC(=O)NCCc1ncc[nH]1)C(=O)O. The molecule has 0 saturated heterocycles. The van der Waals surface area contributed by atoms with Crippen LogP contribution in [-0.4, -0.2) is 45.6 Å². The number of carbonyl (C=O) groups is 3. The number of hydrogen-bond donors (Lipinski definition) is 5. The van der Waals surface area contributed by atoms with Crippen molar-refractivity contribution in [2.45, 2.75) is 25.3 Å². The van der Waals surface area contributed by atoms with Gasteiger partial charge in [0, 0.05) is 31.8 Å². The maximum atomic E-state index is 11.5. The summed E-state index contributed by atoms with van der Waals surface area (Å²) < 4.78 is 0. The smallest absolute Gasteiger partial charge is 0.326 e. The first-order chi connectivity index (χ1) is 9.49. The van der Waals surface area contributed by atoms with E-state index < -0.39 is 23.9 Å². The normalized spacial score (nSPS) is 11.6. The summed E-state index contributed by atoms with van der Waals surface area (Å²) in [5.74, 6) is -1.11. The van der Waals surface area contributed by atoms with Crippen molar-refractivity contribution >= 4 is 17.9 Å². The molecule has 1 unspecified atom stereocenters. The first kappa shape index (κ1) is 15.5. The third kappa shape index (κ3) is 5.85. The number of imidazole rings is 1. The number of H-pyrrole nitrogens is 1. The average molecular weight is 283 g/mol. The van der Waals surface area contributed by atoms with Crippen LogP contribution >= 0.6 is 0 Å². The lowest BCUT2D eigenvalue weighted by Gasteiger charge is -2.14. The Hall–Kier alpha value is -2.58. The van der Waals surface area contributed by atoms with Gasteiger partial charge in [0.2, 0.25) is 5.91 Å². The number of primary amides is 1. The van der Waals surface area contributed by atoms with Gasteiger partial charge >= 0.3 is 12.0 Å². The molecule has 9 nitrogen and oxygen atoms in total. The highest BCUT2D eigenvalue weighted by Crippen LogP contribution is 1.97. The molecular formula is C11H17N5O4. The number of aromatic amines is 1. The van der Waals surface area contributed by atoms with E-state index in [9.17, 15) is 14.4 Å². The predicted octanol–water partition coefficient (Wildman–Crippen LogP) is -1.03. The van der Waals surface area contributed by atoms with E-state index in [4.69, 9.17) is 10.8 Å². The molecule has 0 aromatic carbocycles. The number of nitrogens with two attached hydrogens (primary N) is 1.